The van der Waals surface area contributed by atoms with Crippen molar-refractivity contribution in [2.75, 3.05) is 27.3 Å². The molecule has 0 saturated carbocycles. The highest BCUT2D eigenvalue weighted by Gasteiger charge is 2.34. The van der Waals surface area contributed by atoms with Crippen molar-refractivity contribution < 1.29 is 22.7 Å². The molecule has 2 aromatic rings. The van der Waals surface area contributed by atoms with E-state index < -0.39 is 10.0 Å². The molecule has 162 valence electrons. The summed E-state index contributed by atoms with van der Waals surface area (Å²) in [6, 6.07) is 12.5. The molecule has 0 unspecified atom stereocenters. The van der Waals surface area contributed by atoms with Crippen molar-refractivity contribution in [3.63, 3.8) is 0 Å². The number of piperidine rings is 1. The van der Waals surface area contributed by atoms with Gasteiger partial charge in [0.25, 0.3) is 0 Å². The molecule has 0 aliphatic carbocycles. The first-order valence-electron chi connectivity index (χ1n) is 9.90. The second kappa shape index (κ2) is 9.49. The first-order chi connectivity index (χ1) is 14.3. The lowest BCUT2D eigenvalue weighted by Crippen LogP contribution is -2.45. The van der Waals surface area contributed by atoms with E-state index in [0.29, 0.717) is 31.7 Å². The zero-order valence-corrected chi connectivity index (χ0v) is 18.4. The number of methoxy groups -OCH3 is 2. The molecule has 0 spiro atoms. The Balaban J connectivity index is 1.68. The molecular formula is C22H28N2O5S. The van der Waals surface area contributed by atoms with E-state index in [4.69, 9.17) is 9.47 Å². The van der Waals surface area contributed by atoms with Crippen LogP contribution in [0.25, 0.3) is 0 Å². The second-order valence-electron chi connectivity index (χ2n) is 7.42. The lowest BCUT2D eigenvalue weighted by molar-refractivity contribution is -0.126. The number of nitrogens with zero attached hydrogens (tertiary/aromatic N) is 1. The Labute approximate surface area is 178 Å². The summed E-state index contributed by atoms with van der Waals surface area (Å²) in [6.07, 6.45) is 1.29. The first kappa shape index (κ1) is 22.1. The van der Waals surface area contributed by atoms with E-state index in [1.807, 2.05) is 37.3 Å². The fraction of sp³-hybridized carbons (Fsp3) is 0.409. The average Bonchev–Trinajstić information content (AvgIpc) is 2.77. The van der Waals surface area contributed by atoms with Gasteiger partial charge >= 0.3 is 0 Å². The van der Waals surface area contributed by atoms with E-state index in [1.54, 1.807) is 19.2 Å². The normalized spacial score (nSPS) is 17.4. The van der Waals surface area contributed by atoms with Crippen molar-refractivity contribution in [2.45, 2.75) is 31.2 Å². The molecule has 1 heterocycles. The molecule has 0 radical (unpaired) electrons. The predicted octanol–water partition coefficient (Wildman–Crippen LogP) is 2.73. The Morgan fingerprint density at radius 2 is 1.87 bits per heavy atom. The lowest BCUT2D eigenvalue weighted by Gasteiger charge is -2.31. The van der Waals surface area contributed by atoms with Crippen LogP contribution in [0.4, 0.5) is 0 Å². The van der Waals surface area contributed by atoms with Crippen LogP contribution in [0.15, 0.2) is 47.4 Å². The molecule has 1 aliphatic heterocycles. The highest BCUT2D eigenvalue weighted by molar-refractivity contribution is 7.89. The Morgan fingerprint density at radius 1 is 1.13 bits per heavy atom. The van der Waals surface area contributed by atoms with E-state index >= 15 is 0 Å². The van der Waals surface area contributed by atoms with Gasteiger partial charge in [0.1, 0.15) is 16.4 Å². The van der Waals surface area contributed by atoms with Crippen molar-refractivity contribution in [1.82, 2.24) is 9.62 Å². The fourth-order valence-electron chi connectivity index (χ4n) is 3.58. The smallest absolute Gasteiger partial charge is 0.246 e. The fourth-order valence-corrected chi connectivity index (χ4v) is 5.34. The third kappa shape index (κ3) is 4.94. The molecule has 0 aromatic heterocycles. The Hall–Kier alpha value is -2.58. The van der Waals surface area contributed by atoms with Gasteiger partial charge in [0.15, 0.2) is 0 Å². The number of nitrogens with one attached hydrogen (secondary N) is 1. The summed E-state index contributed by atoms with van der Waals surface area (Å²) in [6.45, 7) is 2.78. The number of carbonyl (C=O) groups excluding carboxylic acids is 1. The number of amides is 1. The van der Waals surface area contributed by atoms with Crippen molar-refractivity contribution >= 4 is 15.9 Å². The number of ether oxygens (including phenoxy) is 2. The molecule has 3 rings (SSSR count). The van der Waals surface area contributed by atoms with E-state index in [0.717, 1.165) is 16.9 Å². The van der Waals surface area contributed by atoms with Gasteiger partial charge in [0, 0.05) is 19.6 Å². The Bertz CT molecular complexity index is 989. The van der Waals surface area contributed by atoms with E-state index in [2.05, 4.69) is 5.32 Å². The molecule has 1 aliphatic rings. The van der Waals surface area contributed by atoms with Crippen molar-refractivity contribution in [3.05, 3.63) is 53.6 Å². The molecular weight excluding hydrogens is 404 g/mol. The zero-order valence-electron chi connectivity index (χ0n) is 17.6. The van der Waals surface area contributed by atoms with Crippen LogP contribution in [0.5, 0.6) is 11.5 Å². The van der Waals surface area contributed by atoms with E-state index in [-0.39, 0.29) is 23.3 Å². The molecule has 0 bridgehead atoms. The van der Waals surface area contributed by atoms with Crippen LogP contribution in [-0.2, 0) is 21.4 Å². The molecule has 8 heteroatoms. The van der Waals surface area contributed by atoms with E-state index in [9.17, 15) is 13.2 Å². The predicted molar refractivity (Wildman–Crippen MR) is 114 cm³/mol. The molecule has 1 atom stereocenters. The zero-order chi connectivity index (χ0) is 21.7. The third-order valence-corrected chi connectivity index (χ3v) is 7.20. The van der Waals surface area contributed by atoms with Gasteiger partial charge in [-0.05, 0) is 55.2 Å². The van der Waals surface area contributed by atoms with Crippen LogP contribution in [0.2, 0.25) is 0 Å². The SMILES string of the molecule is COc1ccc(CNC(=O)[C@@H]2CCCN(S(=O)(=O)c3cc(C)ccc3OC)C2)cc1. The maximum Gasteiger partial charge on any atom is 0.246 e. The molecule has 1 amide bonds. The molecule has 1 saturated heterocycles. The first-order valence-corrected chi connectivity index (χ1v) is 11.3. The summed E-state index contributed by atoms with van der Waals surface area (Å²) in [5, 5.41) is 2.92. The summed E-state index contributed by atoms with van der Waals surface area (Å²) in [5.41, 5.74) is 1.79. The molecule has 1 fully saturated rings. The summed E-state index contributed by atoms with van der Waals surface area (Å²) < 4.78 is 38.3. The van der Waals surface area contributed by atoms with Gasteiger partial charge in [-0.2, -0.15) is 4.31 Å². The molecule has 30 heavy (non-hydrogen) atoms. The summed E-state index contributed by atoms with van der Waals surface area (Å²) in [5.74, 6) is 0.543. The number of benzene rings is 2. The van der Waals surface area contributed by atoms with Crippen LogP contribution in [-0.4, -0.2) is 45.9 Å². The Morgan fingerprint density at radius 3 is 2.53 bits per heavy atom. The topological polar surface area (TPSA) is 84.9 Å². The number of carbonyl (C=O) groups is 1. The van der Waals surface area contributed by atoms with Gasteiger partial charge < -0.3 is 14.8 Å². The standard InChI is InChI=1S/C22H28N2O5S/c1-16-6-11-20(29-3)21(13-16)30(26,27)24-12-4-5-18(15-24)22(25)23-14-17-7-9-19(28-2)10-8-17/h6-11,13,18H,4-5,12,14-15H2,1-3H3,(H,23,25)/t18-/m1/s1. The van der Waals surface area contributed by atoms with Gasteiger partial charge in [-0.3, -0.25) is 4.79 Å². The molecule has 7 nitrogen and oxygen atoms in total. The maximum absolute atomic E-state index is 13.2. The highest BCUT2D eigenvalue weighted by atomic mass is 32.2. The van der Waals surface area contributed by atoms with Gasteiger partial charge in [-0.15, -0.1) is 0 Å². The minimum Gasteiger partial charge on any atom is -0.497 e. The summed E-state index contributed by atoms with van der Waals surface area (Å²) >= 11 is 0. The van der Waals surface area contributed by atoms with Crippen molar-refractivity contribution in [1.29, 1.82) is 0 Å². The lowest BCUT2D eigenvalue weighted by atomic mass is 9.99. The van der Waals surface area contributed by atoms with Gasteiger partial charge in [-0.25, -0.2) is 8.42 Å². The summed E-state index contributed by atoms with van der Waals surface area (Å²) in [7, 11) is -0.697. The largest absolute Gasteiger partial charge is 0.497 e. The number of hydrogen-bond donors (Lipinski definition) is 1. The number of sulfonamides is 1. The third-order valence-electron chi connectivity index (χ3n) is 5.32. The second-order valence-corrected chi connectivity index (χ2v) is 9.33. The van der Waals surface area contributed by atoms with Crippen LogP contribution in [0.1, 0.15) is 24.0 Å². The van der Waals surface area contributed by atoms with Crippen molar-refractivity contribution in [3.8, 4) is 11.5 Å². The number of rotatable bonds is 7. The van der Waals surface area contributed by atoms with E-state index in [1.165, 1.54) is 11.4 Å². The van der Waals surface area contributed by atoms with Gasteiger partial charge in [-0.1, -0.05) is 18.2 Å². The van der Waals surface area contributed by atoms with Crippen LogP contribution >= 0.6 is 0 Å². The Kier molecular flexibility index (Phi) is 6.99. The molecule has 1 N–H and O–H groups in total. The van der Waals surface area contributed by atoms with Crippen molar-refractivity contribution in [2.24, 2.45) is 5.92 Å². The van der Waals surface area contributed by atoms with Crippen LogP contribution in [0, 0.1) is 12.8 Å². The quantitative estimate of drug-likeness (QED) is 0.727. The highest BCUT2D eigenvalue weighted by Crippen LogP contribution is 2.30. The van der Waals surface area contributed by atoms with Gasteiger partial charge in [0.2, 0.25) is 15.9 Å². The van der Waals surface area contributed by atoms with Crippen LogP contribution < -0.4 is 14.8 Å². The number of aryl methyl sites for hydroxylation is 1. The molecule has 2 aromatic carbocycles. The average molecular weight is 433 g/mol. The monoisotopic (exact) mass is 432 g/mol. The van der Waals surface area contributed by atoms with Gasteiger partial charge in [0.05, 0.1) is 20.1 Å². The van der Waals surface area contributed by atoms with Crippen LogP contribution in [0.3, 0.4) is 0 Å². The minimum atomic E-state index is -3.75. The number of hydrogen-bond acceptors (Lipinski definition) is 5. The maximum atomic E-state index is 13.2. The minimum absolute atomic E-state index is 0.137. The summed E-state index contributed by atoms with van der Waals surface area (Å²) in [4.78, 5) is 12.8.